The standard InChI is InChI=1S/C22H24FN5O4S/c1-14-20(15(2)28(26-14)18-10-8-17(23)9-11-18)13-21(29)24-25-22(30)16-6-5-7-19(12-16)33(31,32)27(3)4/h5-12H,13H2,1-4H3,(H,24,29)(H,25,30). The SMILES string of the molecule is Cc1nn(-c2ccc(F)cc2)c(C)c1CC(=O)NNC(=O)c1cccc(S(=O)(=O)N(C)C)c1. The first-order chi connectivity index (χ1) is 15.5. The summed E-state index contributed by atoms with van der Waals surface area (Å²) in [5.41, 5.74) is 7.37. The van der Waals surface area contributed by atoms with E-state index in [9.17, 15) is 22.4 Å². The van der Waals surface area contributed by atoms with Crippen molar-refractivity contribution in [1.29, 1.82) is 0 Å². The molecule has 0 bridgehead atoms. The lowest BCUT2D eigenvalue weighted by Gasteiger charge is -2.12. The van der Waals surface area contributed by atoms with Gasteiger partial charge in [0.05, 0.1) is 22.7 Å². The Morgan fingerprint density at radius 2 is 1.73 bits per heavy atom. The summed E-state index contributed by atoms with van der Waals surface area (Å²) in [6.07, 6.45) is -0.0474. The van der Waals surface area contributed by atoms with Crippen LogP contribution in [0.3, 0.4) is 0 Å². The Morgan fingerprint density at radius 1 is 1.06 bits per heavy atom. The van der Waals surface area contributed by atoms with Crippen LogP contribution in [0.25, 0.3) is 5.69 Å². The minimum Gasteiger partial charge on any atom is -0.273 e. The fourth-order valence-electron chi connectivity index (χ4n) is 3.18. The summed E-state index contributed by atoms with van der Waals surface area (Å²) in [6, 6.07) is 11.3. The largest absolute Gasteiger partial charge is 0.273 e. The molecule has 0 unspecified atom stereocenters. The molecular formula is C22H24FN5O4S. The number of aromatic nitrogens is 2. The smallest absolute Gasteiger partial charge is 0.269 e. The van der Waals surface area contributed by atoms with Gasteiger partial charge in [-0.15, -0.1) is 0 Å². The molecule has 1 heterocycles. The van der Waals surface area contributed by atoms with Crippen LogP contribution in [0.15, 0.2) is 53.4 Å². The molecule has 0 radical (unpaired) electrons. The van der Waals surface area contributed by atoms with Crippen LogP contribution >= 0.6 is 0 Å². The molecule has 0 spiro atoms. The van der Waals surface area contributed by atoms with Crippen molar-refractivity contribution in [2.75, 3.05) is 14.1 Å². The number of hydrazine groups is 1. The van der Waals surface area contributed by atoms with E-state index < -0.39 is 21.8 Å². The average Bonchev–Trinajstić information content (AvgIpc) is 3.06. The summed E-state index contributed by atoms with van der Waals surface area (Å²) >= 11 is 0. The molecule has 33 heavy (non-hydrogen) atoms. The molecule has 2 N–H and O–H groups in total. The third-order valence-electron chi connectivity index (χ3n) is 5.04. The Balaban J connectivity index is 1.68. The van der Waals surface area contributed by atoms with Gasteiger partial charge in [-0.3, -0.25) is 20.4 Å². The molecule has 0 saturated carbocycles. The highest BCUT2D eigenvalue weighted by Crippen LogP contribution is 2.19. The minimum atomic E-state index is -3.70. The molecule has 9 nitrogen and oxygen atoms in total. The number of aryl methyl sites for hydroxylation is 1. The topological polar surface area (TPSA) is 113 Å². The predicted octanol–water partition coefficient (Wildman–Crippen LogP) is 1.88. The molecule has 0 aliphatic carbocycles. The maximum Gasteiger partial charge on any atom is 0.269 e. The van der Waals surface area contributed by atoms with Gasteiger partial charge in [0.15, 0.2) is 0 Å². The normalized spacial score (nSPS) is 11.5. The summed E-state index contributed by atoms with van der Waals surface area (Å²) in [5, 5.41) is 4.42. The van der Waals surface area contributed by atoms with E-state index in [0.717, 1.165) is 4.31 Å². The highest BCUT2D eigenvalue weighted by atomic mass is 32.2. The van der Waals surface area contributed by atoms with Crippen molar-refractivity contribution in [2.24, 2.45) is 0 Å². The Morgan fingerprint density at radius 3 is 2.36 bits per heavy atom. The zero-order valence-corrected chi connectivity index (χ0v) is 19.4. The molecule has 0 atom stereocenters. The molecule has 2 aromatic carbocycles. The number of carbonyl (C=O) groups excluding carboxylic acids is 2. The van der Waals surface area contributed by atoms with Gasteiger partial charge in [0.2, 0.25) is 15.9 Å². The number of halogens is 1. The molecule has 174 valence electrons. The third kappa shape index (κ3) is 5.26. The van der Waals surface area contributed by atoms with Gasteiger partial charge in [0.25, 0.3) is 5.91 Å². The highest BCUT2D eigenvalue weighted by Gasteiger charge is 2.20. The quantitative estimate of drug-likeness (QED) is 0.531. The monoisotopic (exact) mass is 473 g/mol. The molecule has 11 heteroatoms. The maximum absolute atomic E-state index is 13.2. The number of amides is 2. The third-order valence-corrected chi connectivity index (χ3v) is 6.85. The van der Waals surface area contributed by atoms with E-state index in [1.54, 1.807) is 30.7 Å². The Kier molecular flexibility index (Phi) is 6.94. The second kappa shape index (κ2) is 9.51. The lowest BCUT2D eigenvalue weighted by molar-refractivity contribution is -0.121. The van der Waals surface area contributed by atoms with Crippen molar-refractivity contribution < 1.29 is 22.4 Å². The van der Waals surface area contributed by atoms with E-state index >= 15 is 0 Å². The predicted molar refractivity (Wildman–Crippen MR) is 120 cm³/mol. The van der Waals surface area contributed by atoms with Crippen LogP contribution in [0, 0.1) is 19.7 Å². The number of sulfonamides is 1. The summed E-state index contributed by atoms with van der Waals surface area (Å²) in [7, 11) is -0.915. The number of hydrogen-bond acceptors (Lipinski definition) is 5. The van der Waals surface area contributed by atoms with E-state index in [1.165, 1.54) is 50.5 Å². The first-order valence-electron chi connectivity index (χ1n) is 9.93. The second-order valence-electron chi connectivity index (χ2n) is 7.53. The number of benzene rings is 2. The molecule has 3 aromatic rings. The van der Waals surface area contributed by atoms with E-state index in [1.807, 2.05) is 0 Å². The van der Waals surface area contributed by atoms with Crippen LogP contribution in [0.1, 0.15) is 27.3 Å². The number of hydrogen-bond donors (Lipinski definition) is 2. The number of nitrogens with one attached hydrogen (secondary N) is 2. The van der Waals surface area contributed by atoms with Crippen LogP contribution < -0.4 is 10.9 Å². The lowest BCUT2D eigenvalue weighted by atomic mass is 10.1. The van der Waals surface area contributed by atoms with Gasteiger partial charge in [-0.1, -0.05) is 6.07 Å². The number of carbonyl (C=O) groups is 2. The zero-order valence-electron chi connectivity index (χ0n) is 18.6. The van der Waals surface area contributed by atoms with Crippen molar-refractivity contribution >= 4 is 21.8 Å². The molecule has 2 amide bonds. The Hall–Kier alpha value is -3.57. The Bertz CT molecular complexity index is 1300. The fourth-order valence-corrected chi connectivity index (χ4v) is 4.12. The minimum absolute atomic E-state index is 0.0362. The van der Waals surface area contributed by atoms with Crippen LogP contribution in [0.5, 0.6) is 0 Å². The summed E-state index contributed by atoms with van der Waals surface area (Å²) < 4.78 is 40.4. The first kappa shape index (κ1) is 24.1. The molecule has 1 aromatic heterocycles. The van der Waals surface area contributed by atoms with Gasteiger partial charge >= 0.3 is 0 Å². The highest BCUT2D eigenvalue weighted by molar-refractivity contribution is 7.89. The molecule has 0 aliphatic heterocycles. The molecule has 0 fully saturated rings. The van der Waals surface area contributed by atoms with Crippen LogP contribution in [-0.4, -0.2) is 48.4 Å². The van der Waals surface area contributed by atoms with Crippen LogP contribution in [-0.2, 0) is 21.2 Å². The fraction of sp³-hybridized carbons (Fsp3) is 0.227. The summed E-state index contributed by atoms with van der Waals surface area (Å²) in [4.78, 5) is 24.8. The van der Waals surface area contributed by atoms with Crippen molar-refractivity contribution in [3.63, 3.8) is 0 Å². The van der Waals surface area contributed by atoms with Crippen molar-refractivity contribution in [3.05, 3.63) is 76.9 Å². The van der Waals surface area contributed by atoms with Gasteiger partial charge in [0, 0.05) is 30.9 Å². The van der Waals surface area contributed by atoms with Gasteiger partial charge in [-0.25, -0.2) is 21.8 Å². The second-order valence-corrected chi connectivity index (χ2v) is 9.68. The molecule has 0 aliphatic rings. The number of nitrogens with zero attached hydrogens (tertiary/aromatic N) is 3. The summed E-state index contributed by atoms with van der Waals surface area (Å²) in [6.45, 7) is 3.55. The van der Waals surface area contributed by atoms with E-state index in [0.29, 0.717) is 22.6 Å². The van der Waals surface area contributed by atoms with E-state index in [4.69, 9.17) is 0 Å². The maximum atomic E-state index is 13.2. The molecule has 0 saturated heterocycles. The van der Waals surface area contributed by atoms with Crippen LogP contribution in [0.4, 0.5) is 4.39 Å². The van der Waals surface area contributed by atoms with Crippen LogP contribution in [0.2, 0.25) is 0 Å². The average molecular weight is 474 g/mol. The lowest BCUT2D eigenvalue weighted by Crippen LogP contribution is -2.42. The van der Waals surface area contributed by atoms with Gasteiger partial charge in [0.1, 0.15) is 5.82 Å². The number of rotatable bonds is 6. The van der Waals surface area contributed by atoms with E-state index in [2.05, 4.69) is 16.0 Å². The van der Waals surface area contributed by atoms with Gasteiger partial charge < -0.3 is 0 Å². The van der Waals surface area contributed by atoms with Gasteiger partial charge in [-0.05, 0) is 56.3 Å². The summed E-state index contributed by atoms with van der Waals surface area (Å²) in [5.74, 6) is -1.50. The molecule has 3 rings (SSSR count). The van der Waals surface area contributed by atoms with Crippen molar-refractivity contribution in [3.8, 4) is 5.69 Å². The van der Waals surface area contributed by atoms with Crippen molar-refractivity contribution in [2.45, 2.75) is 25.2 Å². The van der Waals surface area contributed by atoms with Crippen molar-refractivity contribution in [1.82, 2.24) is 24.9 Å². The van der Waals surface area contributed by atoms with E-state index in [-0.39, 0.29) is 22.7 Å². The molecular weight excluding hydrogens is 449 g/mol. The Labute approximate surface area is 191 Å². The zero-order chi connectivity index (χ0) is 24.3. The van der Waals surface area contributed by atoms with Gasteiger partial charge in [-0.2, -0.15) is 5.10 Å². The first-order valence-corrected chi connectivity index (χ1v) is 11.4.